The van der Waals surface area contributed by atoms with Crippen molar-refractivity contribution in [3.05, 3.63) is 24.0 Å². The molecule has 0 amide bonds. The van der Waals surface area contributed by atoms with Crippen LogP contribution >= 0.6 is 0 Å². The largest absolute Gasteiger partial charge is 0.480 e. The number of hydrogen-bond acceptors (Lipinski definition) is 5. The molecule has 5 nitrogen and oxygen atoms in total. The lowest BCUT2D eigenvalue weighted by atomic mass is 10.3. The highest BCUT2D eigenvalue weighted by molar-refractivity contribution is 5.71. The number of esters is 1. The molecule has 0 atom stereocenters. The lowest BCUT2D eigenvalue weighted by Crippen LogP contribution is -2.18. The Bertz CT molecular complexity index is 336. The van der Waals surface area contributed by atoms with Crippen molar-refractivity contribution in [2.45, 2.75) is 26.5 Å². The average Bonchev–Trinajstić information content (AvgIpc) is 2.26. The van der Waals surface area contributed by atoms with Crippen LogP contribution in [0.15, 0.2) is 18.3 Å². The SMILES string of the molecule is CC(C)OC(=O)COc1ccc(CN)nc1. The number of carbonyl (C=O) groups excluding carboxylic acids is 1. The summed E-state index contributed by atoms with van der Waals surface area (Å²) in [5.74, 6) is 0.135. The summed E-state index contributed by atoms with van der Waals surface area (Å²) in [6, 6.07) is 3.47. The van der Waals surface area contributed by atoms with Crippen LogP contribution < -0.4 is 10.5 Å². The van der Waals surface area contributed by atoms with E-state index in [4.69, 9.17) is 15.2 Å². The lowest BCUT2D eigenvalue weighted by molar-refractivity contribution is -0.149. The topological polar surface area (TPSA) is 74.4 Å². The summed E-state index contributed by atoms with van der Waals surface area (Å²) < 4.78 is 10.1. The first-order valence-electron chi connectivity index (χ1n) is 5.09. The molecular formula is C11H16N2O3. The number of pyridine rings is 1. The molecule has 1 rings (SSSR count). The minimum Gasteiger partial charge on any atom is -0.480 e. The van der Waals surface area contributed by atoms with E-state index < -0.39 is 5.97 Å². The highest BCUT2D eigenvalue weighted by Gasteiger charge is 2.06. The van der Waals surface area contributed by atoms with Crippen molar-refractivity contribution >= 4 is 5.97 Å². The molecule has 0 fully saturated rings. The number of nitrogens with zero attached hydrogens (tertiary/aromatic N) is 1. The van der Waals surface area contributed by atoms with Gasteiger partial charge in [-0.2, -0.15) is 0 Å². The van der Waals surface area contributed by atoms with Crippen molar-refractivity contribution < 1.29 is 14.3 Å². The second-order valence-corrected chi connectivity index (χ2v) is 3.52. The van der Waals surface area contributed by atoms with Crippen LogP contribution in [0.2, 0.25) is 0 Å². The number of nitrogens with two attached hydrogens (primary N) is 1. The summed E-state index contributed by atoms with van der Waals surface area (Å²) in [5, 5.41) is 0. The molecule has 2 N–H and O–H groups in total. The molecule has 0 saturated carbocycles. The van der Waals surface area contributed by atoms with E-state index in [9.17, 15) is 4.79 Å². The number of rotatable bonds is 5. The standard InChI is InChI=1S/C11H16N2O3/c1-8(2)16-11(14)7-15-10-4-3-9(5-12)13-6-10/h3-4,6,8H,5,7,12H2,1-2H3. The summed E-state index contributed by atoms with van der Waals surface area (Å²) in [6.45, 7) is 3.85. The molecule has 0 radical (unpaired) electrons. The summed E-state index contributed by atoms with van der Waals surface area (Å²) in [6.07, 6.45) is 1.40. The molecular weight excluding hydrogens is 208 g/mol. The predicted molar refractivity (Wildman–Crippen MR) is 58.9 cm³/mol. The Kier molecular flexibility index (Phi) is 4.72. The molecule has 88 valence electrons. The lowest BCUT2D eigenvalue weighted by Gasteiger charge is -2.09. The molecule has 0 spiro atoms. The van der Waals surface area contributed by atoms with Crippen molar-refractivity contribution in [1.29, 1.82) is 0 Å². The van der Waals surface area contributed by atoms with Gasteiger partial charge in [0.2, 0.25) is 0 Å². The van der Waals surface area contributed by atoms with Gasteiger partial charge in [0.15, 0.2) is 6.61 Å². The Morgan fingerprint density at radius 2 is 2.25 bits per heavy atom. The highest BCUT2D eigenvalue weighted by atomic mass is 16.6. The Morgan fingerprint density at radius 1 is 1.50 bits per heavy atom. The van der Waals surface area contributed by atoms with Crippen molar-refractivity contribution in [3.63, 3.8) is 0 Å². The van der Waals surface area contributed by atoms with Gasteiger partial charge in [-0.25, -0.2) is 4.79 Å². The molecule has 16 heavy (non-hydrogen) atoms. The summed E-state index contributed by atoms with van der Waals surface area (Å²) in [4.78, 5) is 15.2. The van der Waals surface area contributed by atoms with Gasteiger partial charge in [0, 0.05) is 6.54 Å². The van der Waals surface area contributed by atoms with E-state index in [0.717, 1.165) is 5.69 Å². The third-order valence-corrected chi connectivity index (χ3v) is 1.73. The van der Waals surface area contributed by atoms with Crippen molar-refractivity contribution in [1.82, 2.24) is 4.98 Å². The van der Waals surface area contributed by atoms with E-state index in [1.807, 2.05) is 0 Å². The molecule has 0 bridgehead atoms. The van der Waals surface area contributed by atoms with Crippen molar-refractivity contribution in [3.8, 4) is 5.75 Å². The minimum atomic E-state index is -0.391. The first-order valence-corrected chi connectivity index (χ1v) is 5.09. The van der Waals surface area contributed by atoms with Gasteiger partial charge in [-0.05, 0) is 26.0 Å². The first-order chi connectivity index (χ1) is 7.61. The van der Waals surface area contributed by atoms with E-state index in [1.165, 1.54) is 6.20 Å². The second-order valence-electron chi connectivity index (χ2n) is 3.52. The van der Waals surface area contributed by atoms with Gasteiger partial charge in [0.25, 0.3) is 0 Å². The third kappa shape index (κ3) is 4.27. The molecule has 0 saturated heterocycles. The molecule has 0 aliphatic carbocycles. The monoisotopic (exact) mass is 224 g/mol. The normalized spacial score (nSPS) is 10.2. The smallest absolute Gasteiger partial charge is 0.344 e. The van der Waals surface area contributed by atoms with Gasteiger partial charge >= 0.3 is 5.97 Å². The zero-order valence-corrected chi connectivity index (χ0v) is 9.47. The fraction of sp³-hybridized carbons (Fsp3) is 0.455. The molecule has 1 aromatic heterocycles. The number of aromatic nitrogens is 1. The van der Waals surface area contributed by atoms with Crippen LogP contribution in [0.1, 0.15) is 19.5 Å². The number of ether oxygens (including phenoxy) is 2. The maximum atomic E-state index is 11.2. The van der Waals surface area contributed by atoms with E-state index in [1.54, 1.807) is 26.0 Å². The number of hydrogen-bond donors (Lipinski definition) is 1. The first kappa shape index (κ1) is 12.4. The van der Waals surface area contributed by atoms with Gasteiger partial charge in [0.1, 0.15) is 5.75 Å². The predicted octanol–water partition coefficient (Wildman–Crippen LogP) is 0.871. The molecule has 5 heteroatoms. The van der Waals surface area contributed by atoms with Crippen LogP contribution in [0.5, 0.6) is 5.75 Å². The zero-order valence-electron chi connectivity index (χ0n) is 9.47. The summed E-state index contributed by atoms with van der Waals surface area (Å²) in [5.41, 5.74) is 6.17. The Hall–Kier alpha value is -1.62. The van der Waals surface area contributed by atoms with Gasteiger partial charge in [-0.15, -0.1) is 0 Å². The van der Waals surface area contributed by atoms with E-state index in [0.29, 0.717) is 12.3 Å². The summed E-state index contributed by atoms with van der Waals surface area (Å²) in [7, 11) is 0. The van der Waals surface area contributed by atoms with Crippen molar-refractivity contribution in [2.24, 2.45) is 5.73 Å². The molecule has 0 unspecified atom stereocenters. The zero-order chi connectivity index (χ0) is 12.0. The second kappa shape index (κ2) is 6.07. The third-order valence-electron chi connectivity index (χ3n) is 1.73. The van der Waals surface area contributed by atoms with Crippen molar-refractivity contribution in [2.75, 3.05) is 6.61 Å². The van der Waals surface area contributed by atoms with Crippen LogP contribution in [0.25, 0.3) is 0 Å². The fourth-order valence-electron chi connectivity index (χ4n) is 1.06. The Labute approximate surface area is 94.6 Å². The molecule has 0 aliphatic heterocycles. The van der Waals surface area contributed by atoms with E-state index in [2.05, 4.69) is 4.98 Å². The van der Waals surface area contributed by atoms with Crippen LogP contribution in [-0.2, 0) is 16.1 Å². The van der Waals surface area contributed by atoms with Gasteiger partial charge in [0.05, 0.1) is 18.0 Å². The Morgan fingerprint density at radius 3 is 2.75 bits per heavy atom. The maximum absolute atomic E-state index is 11.2. The molecule has 0 aliphatic rings. The molecule has 1 aromatic rings. The van der Waals surface area contributed by atoms with Crippen LogP contribution in [0.4, 0.5) is 0 Å². The molecule has 0 aromatic carbocycles. The van der Waals surface area contributed by atoms with E-state index in [-0.39, 0.29) is 12.7 Å². The van der Waals surface area contributed by atoms with Crippen LogP contribution in [-0.4, -0.2) is 23.7 Å². The van der Waals surface area contributed by atoms with Crippen LogP contribution in [0, 0.1) is 0 Å². The fourth-order valence-corrected chi connectivity index (χ4v) is 1.06. The van der Waals surface area contributed by atoms with Gasteiger partial charge in [-0.3, -0.25) is 4.98 Å². The van der Waals surface area contributed by atoms with E-state index >= 15 is 0 Å². The Balaban J connectivity index is 2.39. The average molecular weight is 224 g/mol. The van der Waals surface area contributed by atoms with Crippen LogP contribution in [0.3, 0.4) is 0 Å². The highest BCUT2D eigenvalue weighted by Crippen LogP contribution is 2.08. The quantitative estimate of drug-likeness (QED) is 0.751. The molecule has 1 heterocycles. The summed E-state index contributed by atoms with van der Waals surface area (Å²) >= 11 is 0. The number of carbonyl (C=O) groups is 1. The van der Waals surface area contributed by atoms with Gasteiger partial charge < -0.3 is 15.2 Å². The minimum absolute atomic E-state index is 0.109. The maximum Gasteiger partial charge on any atom is 0.344 e. The van der Waals surface area contributed by atoms with Gasteiger partial charge in [-0.1, -0.05) is 0 Å².